The van der Waals surface area contributed by atoms with E-state index in [1.54, 1.807) is 16.7 Å². The lowest BCUT2D eigenvalue weighted by molar-refractivity contribution is -0.117. The highest BCUT2D eigenvalue weighted by Crippen LogP contribution is 2.30. The fraction of sp³-hybridized carbons (Fsp3) is 0.478. The lowest BCUT2D eigenvalue weighted by Crippen LogP contribution is -2.52. The predicted molar refractivity (Wildman–Crippen MR) is 124 cm³/mol. The van der Waals surface area contributed by atoms with Crippen molar-refractivity contribution in [1.29, 1.82) is 5.26 Å². The maximum atomic E-state index is 13.9. The number of nitriles is 1. The van der Waals surface area contributed by atoms with Crippen LogP contribution in [0.2, 0.25) is 0 Å². The zero-order valence-corrected chi connectivity index (χ0v) is 19.7. The van der Waals surface area contributed by atoms with Gasteiger partial charge in [-0.2, -0.15) is 5.26 Å². The summed E-state index contributed by atoms with van der Waals surface area (Å²) in [6.45, 7) is 6.56. The molecule has 1 atom stereocenters. The molecule has 1 amide bonds. The molecule has 2 aromatic rings. The van der Waals surface area contributed by atoms with Crippen LogP contribution in [0.4, 0.5) is 10.2 Å². The molecule has 33 heavy (non-hydrogen) atoms. The Morgan fingerprint density at radius 2 is 1.97 bits per heavy atom. The van der Waals surface area contributed by atoms with Gasteiger partial charge in [-0.3, -0.25) is 19.2 Å². The van der Waals surface area contributed by atoms with Crippen molar-refractivity contribution in [3.8, 4) is 11.8 Å². The largest absolute Gasteiger partial charge is 0.310 e. The van der Waals surface area contributed by atoms with Crippen LogP contribution in [0.1, 0.15) is 23.2 Å². The first-order valence-electron chi connectivity index (χ1n) is 11.0. The first kappa shape index (κ1) is 23.4. The average molecular weight is 474 g/mol. The van der Waals surface area contributed by atoms with Gasteiger partial charge in [0.25, 0.3) is 0 Å². The van der Waals surface area contributed by atoms with Crippen molar-refractivity contribution in [2.24, 2.45) is 0 Å². The first-order valence-corrected chi connectivity index (χ1v) is 12.9. The zero-order valence-electron chi connectivity index (χ0n) is 18.8. The summed E-state index contributed by atoms with van der Waals surface area (Å²) in [5.41, 5.74) is 2.38. The summed E-state index contributed by atoms with van der Waals surface area (Å²) in [5.74, 6) is 0.171. The van der Waals surface area contributed by atoms with Gasteiger partial charge in [0, 0.05) is 37.9 Å². The van der Waals surface area contributed by atoms with Gasteiger partial charge in [0.15, 0.2) is 9.84 Å². The van der Waals surface area contributed by atoms with E-state index in [2.05, 4.69) is 16.3 Å². The third-order valence-corrected chi connectivity index (χ3v) is 8.40. The Labute approximate surface area is 193 Å². The maximum absolute atomic E-state index is 13.9. The Morgan fingerprint density at radius 3 is 2.58 bits per heavy atom. The molecule has 0 aliphatic carbocycles. The Hall–Kier alpha value is -2.74. The molecule has 0 saturated carbocycles. The number of piperazine rings is 1. The van der Waals surface area contributed by atoms with E-state index >= 15 is 0 Å². The second kappa shape index (κ2) is 9.25. The van der Waals surface area contributed by atoms with Crippen LogP contribution in [-0.2, 0) is 14.6 Å². The molecule has 0 spiro atoms. The minimum absolute atomic E-state index is 0.0738. The summed E-state index contributed by atoms with van der Waals surface area (Å²) in [6.07, 6.45) is 0.676. The number of carbonyl (C=O) groups excluding carboxylic acids is 1. The summed E-state index contributed by atoms with van der Waals surface area (Å²) in [7, 11) is -2.92. The van der Waals surface area contributed by atoms with Crippen LogP contribution < -0.4 is 5.32 Å². The molecule has 3 heterocycles. The maximum Gasteiger partial charge on any atom is 0.239 e. The molecule has 1 N–H and O–H groups in total. The van der Waals surface area contributed by atoms with E-state index in [0.717, 1.165) is 24.3 Å². The summed E-state index contributed by atoms with van der Waals surface area (Å²) in [5, 5.41) is 12.6. The first-order chi connectivity index (χ1) is 15.7. The number of nitrogens with one attached hydrogen (secondary N) is 1. The van der Waals surface area contributed by atoms with E-state index in [1.807, 2.05) is 18.7 Å². The van der Waals surface area contributed by atoms with Crippen LogP contribution in [0.15, 0.2) is 24.3 Å². The smallest absolute Gasteiger partial charge is 0.239 e. The highest BCUT2D eigenvalue weighted by Gasteiger charge is 2.34. The Morgan fingerprint density at radius 1 is 1.24 bits per heavy atom. The van der Waals surface area contributed by atoms with Crippen molar-refractivity contribution >= 4 is 21.6 Å². The van der Waals surface area contributed by atoms with Gasteiger partial charge in [-0.15, -0.1) is 0 Å². The fourth-order valence-electron chi connectivity index (χ4n) is 4.72. The quantitative estimate of drug-likeness (QED) is 0.712. The van der Waals surface area contributed by atoms with Crippen LogP contribution in [0.3, 0.4) is 0 Å². The number of sulfone groups is 1. The number of rotatable bonds is 5. The summed E-state index contributed by atoms with van der Waals surface area (Å²) in [4.78, 5) is 17.1. The van der Waals surface area contributed by atoms with Crippen LogP contribution in [0.5, 0.6) is 0 Å². The summed E-state index contributed by atoms with van der Waals surface area (Å²) in [6, 6.07) is 8.27. The lowest BCUT2D eigenvalue weighted by atomic mass is 10.2. The Bertz CT molecular complexity index is 1210. The molecular formula is C23H28FN5O3S. The number of amides is 1. The van der Waals surface area contributed by atoms with Crippen molar-refractivity contribution in [2.45, 2.75) is 26.3 Å². The minimum Gasteiger partial charge on any atom is -0.310 e. The normalized spacial score (nSPS) is 21.1. The number of anilines is 1. The third-order valence-electron chi connectivity index (χ3n) is 6.65. The lowest BCUT2D eigenvalue weighted by Gasteiger charge is -2.37. The molecule has 2 fully saturated rings. The highest BCUT2D eigenvalue weighted by atomic mass is 32.2. The molecule has 8 nitrogen and oxygen atoms in total. The topological polar surface area (TPSA) is 98.4 Å². The van der Waals surface area contributed by atoms with E-state index < -0.39 is 15.7 Å². The van der Waals surface area contributed by atoms with Crippen LogP contribution in [0.25, 0.3) is 5.69 Å². The van der Waals surface area contributed by atoms with Gasteiger partial charge in [0.05, 0.1) is 29.3 Å². The van der Waals surface area contributed by atoms with Gasteiger partial charge < -0.3 is 5.32 Å². The van der Waals surface area contributed by atoms with Crippen molar-refractivity contribution in [3.05, 3.63) is 46.9 Å². The monoisotopic (exact) mass is 473 g/mol. The molecule has 2 saturated heterocycles. The highest BCUT2D eigenvalue weighted by molar-refractivity contribution is 7.91. The SMILES string of the molecule is Cc1c(C#N)c(NC(=O)CN2CCN(C3CCS(=O)(=O)C3)CC2)n(-c2cccc(F)c2)c1C. The molecule has 0 bridgehead atoms. The van der Waals surface area contributed by atoms with Crippen molar-refractivity contribution in [2.75, 3.05) is 49.5 Å². The number of aromatic nitrogens is 1. The average Bonchev–Trinajstić information content (AvgIpc) is 3.24. The molecule has 2 aliphatic heterocycles. The molecule has 1 aromatic heterocycles. The van der Waals surface area contributed by atoms with Gasteiger partial charge in [-0.1, -0.05) is 6.07 Å². The van der Waals surface area contributed by atoms with Gasteiger partial charge in [-0.25, -0.2) is 12.8 Å². The second-order valence-electron chi connectivity index (χ2n) is 8.78. The zero-order chi connectivity index (χ0) is 23.8. The third kappa shape index (κ3) is 4.95. The fourth-order valence-corrected chi connectivity index (χ4v) is 6.49. The molecule has 176 valence electrons. The van der Waals surface area contributed by atoms with Gasteiger partial charge in [-0.05, 0) is 44.0 Å². The molecule has 0 radical (unpaired) electrons. The number of nitrogens with zero attached hydrogens (tertiary/aromatic N) is 4. The van der Waals surface area contributed by atoms with E-state index in [1.165, 1.54) is 12.1 Å². The van der Waals surface area contributed by atoms with Crippen molar-refractivity contribution in [1.82, 2.24) is 14.4 Å². The van der Waals surface area contributed by atoms with E-state index in [9.17, 15) is 22.9 Å². The van der Waals surface area contributed by atoms with Crippen molar-refractivity contribution in [3.63, 3.8) is 0 Å². The van der Waals surface area contributed by atoms with Gasteiger partial charge in [0.2, 0.25) is 5.91 Å². The number of hydrogen-bond donors (Lipinski definition) is 1. The summed E-state index contributed by atoms with van der Waals surface area (Å²) < 4.78 is 39.1. The molecule has 1 unspecified atom stereocenters. The van der Waals surface area contributed by atoms with E-state index in [-0.39, 0.29) is 30.0 Å². The van der Waals surface area contributed by atoms with Gasteiger partial charge >= 0.3 is 0 Å². The number of hydrogen-bond acceptors (Lipinski definition) is 6. The van der Waals surface area contributed by atoms with Crippen LogP contribution in [0, 0.1) is 31.0 Å². The Balaban J connectivity index is 1.44. The van der Waals surface area contributed by atoms with Crippen LogP contribution in [-0.4, -0.2) is 79.0 Å². The molecule has 2 aliphatic rings. The molecule has 10 heteroatoms. The number of halogens is 1. The minimum atomic E-state index is -2.92. The van der Waals surface area contributed by atoms with Crippen molar-refractivity contribution < 1.29 is 17.6 Å². The van der Waals surface area contributed by atoms with Gasteiger partial charge in [0.1, 0.15) is 17.7 Å². The second-order valence-corrected chi connectivity index (χ2v) is 11.0. The van der Waals surface area contributed by atoms with Crippen LogP contribution >= 0.6 is 0 Å². The molecule has 1 aromatic carbocycles. The van der Waals surface area contributed by atoms with E-state index in [4.69, 9.17) is 0 Å². The molecular weight excluding hydrogens is 445 g/mol. The standard InChI is InChI=1S/C23H28FN5O3S/c1-16-17(2)29(19-5-3-4-18(24)12-19)23(21(16)13-25)26-22(30)14-27-7-9-28(10-8-27)20-6-11-33(31,32)15-20/h3-5,12,20H,6-11,14-15H2,1-2H3,(H,26,30). The molecule has 4 rings (SSSR count). The van der Waals surface area contributed by atoms with E-state index in [0.29, 0.717) is 36.6 Å². The summed E-state index contributed by atoms with van der Waals surface area (Å²) >= 11 is 0. The number of benzene rings is 1. The predicted octanol–water partition coefficient (Wildman–Crippen LogP) is 1.85. The number of carbonyl (C=O) groups is 1. The Kier molecular flexibility index (Phi) is 6.56.